The molecule has 4 nitrogen and oxygen atoms in total. The van der Waals surface area contributed by atoms with Gasteiger partial charge in [-0.15, -0.1) is 0 Å². The number of para-hydroxylation sites is 1. The van der Waals surface area contributed by atoms with Crippen LogP contribution in [0.2, 0.25) is 0 Å². The highest BCUT2D eigenvalue weighted by molar-refractivity contribution is 5.83. The maximum atomic E-state index is 8.70. The van der Waals surface area contributed by atoms with Crippen molar-refractivity contribution in [2.24, 2.45) is 0 Å². The summed E-state index contributed by atoms with van der Waals surface area (Å²) in [5, 5.41) is 10.0. The number of nitrogens with one attached hydrogen (secondary N) is 1. The number of hydrogen-bond acceptors (Lipinski definition) is 3. The summed E-state index contributed by atoms with van der Waals surface area (Å²) in [6, 6.07) is 10.7. The molecule has 2 heterocycles. The van der Waals surface area contributed by atoms with Crippen LogP contribution in [0.15, 0.2) is 30.5 Å². The topological polar surface area (TPSA) is 46.1 Å². The maximum Gasteiger partial charge on any atom is 0.0866 e. The number of aromatic amines is 1. The number of benzene rings is 1. The van der Waals surface area contributed by atoms with E-state index in [9.17, 15) is 0 Å². The highest BCUT2D eigenvalue weighted by atomic mass is 15.3. The third-order valence-corrected chi connectivity index (χ3v) is 4.13. The Morgan fingerprint density at radius 3 is 2.65 bits per heavy atom. The zero-order valence-corrected chi connectivity index (χ0v) is 11.7. The molecular formula is C16H20N4. The number of H-pyrrole nitrogens is 1. The van der Waals surface area contributed by atoms with E-state index in [0.717, 1.165) is 39.1 Å². The first-order chi connectivity index (χ1) is 9.86. The predicted molar refractivity (Wildman–Crippen MR) is 80.5 cm³/mol. The van der Waals surface area contributed by atoms with Crippen LogP contribution in [-0.2, 0) is 6.42 Å². The molecule has 0 bridgehead atoms. The number of rotatable bonds is 4. The number of aromatic nitrogens is 1. The van der Waals surface area contributed by atoms with Gasteiger partial charge in [-0.2, -0.15) is 5.26 Å². The summed E-state index contributed by atoms with van der Waals surface area (Å²) in [7, 11) is 0. The fourth-order valence-electron chi connectivity index (χ4n) is 2.89. The Hall–Kier alpha value is -1.83. The molecule has 1 aliphatic heterocycles. The van der Waals surface area contributed by atoms with E-state index in [-0.39, 0.29) is 0 Å². The van der Waals surface area contributed by atoms with Crippen LogP contribution in [0, 0.1) is 11.3 Å². The molecule has 0 atom stereocenters. The van der Waals surface area contributed by atoms with E-state index in [1.54, 1.807) is 0 Å². The fourth-order valence-corrected chi connectivity index (χ4v) is 2.89. The molecule has 0 saturated carbocycles. The molecule has 0 amide bonds. The smallest absolute Gasteiger partial charge is 0.0866 e. The number of nitriles is 1. The van der Waals surface area contributed by atoms with Crippen LogP contribution in [0.1, 0.15) is 5.56 Å². The van der Waals surface area contributed by atoms with E-state index in [4.69, 9.17) is 5.26 Å². The van der Waals surface area contributed by atoms with Crippen LogP contribution >= 0.6 is 0 Å². The Labute approximate surface area is 119 Å². The van der Waals surface area contributed by atoms with E-state index in [1.165, 1.54) is 16.5 Å². The van der Waals surface area contributed by atoms with Crippen LogP contribution in [0.5, 0.6) is 0 Å². The summed E-state index contributed by atoms with van der Waals surface area (Å²) in [5.74, 6) is 0. The van der Waals surface area contributed by atoms with Crippen molar-refractivity contribution in [1.82, 2.24) is 14.8 Å². The standard InChI is InChI=1S/C16H20N4/c17-6-8-20-11-9-19(10-12-20)7-5-14-13-18-16-4-2-1-3-15(14)16/h1-4,13,18H,5,7-12H2. The molecule has 1 saturated heterocycles. The number of hydrogen-bond donors (Lipinski definition) is 1. The Balaban J connectivity index is 1.54. The lowest BCUT2D eigenvalue weighted by molar-refractivity contribution is 0.145. The molecule has 1 aliphatic rings. The van der Waals surface area contributed by atoms with Gasteiger partial charge in [0.05, 0.1) is 12.6 Å². The lowest BCUT2D eigenvalue weighted by atomic mass is 10.1. The minimum Gasteiger partial charge on any atom is -0.361 e. The summed E-state index contributed by atoms with van der Waals surface area (Å²) in [5.41, 5.74) is 2.63. The normalized spacial score (nSPS) is 17.4. The summed E-state index contributed by atoms with van der Waals surface area (Å²) < 4.78 is 0. The average Bonchev–Trinajstić information content (AvgIpc) is 2.90. The Morgan fingerprint density at radius 2 is 1.85 bits per heavy atom. The highest BCUT2D eigenvalue weighted by Gasteiger charge is 2.16. The molecule has 0 radical (unpaired) electrons. The van der Waals surface area contributed by atoms with E-state index < -0.39 is 0 Å². The summed E-state index contributed by atoms with van der Waals surface area (Å²) in [6.45, 7) is 5.84. The van der Waals surface area contributed by atoms with Gasteiger partial charge in [0.1, 0.15) is 0 Å². The van der Waals surface area contributed by atoms with Crippen LogP contribution < -0.4 is 0 Å². The second kappa shape index (κ2) is 6.08. The first-order valence-electron chi connectivity index (χ1n) is 7.23. The second-order valence-corrected chi connectivity index (χ2v) is 5.39. The zero-order valence-electron chi connectivity index (χ0n) is 11.7. The zero-order chi connectivity index (χ0) is 13.8. The molecule has 2 aromatic rings. The monoisotopic (exact) mass is 268 g/mol. The van der Waals surface area contributed by atoms with Crippen molar-refractivity contribution in [1.29, 1.82) is 5.26 Å². The number of nitrogens with zero attached hydrogens (tertiary/aromatic N) is 3. The average molecular weight is 268 g/mol. The first kappa shape index (κ1) is 13.2. The van der Waals surface area contributed by atoms with Crippen molar-refractivity contribution in [2.75, 3.05) is 39.3 Å². The lowest BCUT2D eigenvalue weighted by Gasteiger charge is -2.33. The molecule has 0 spiro atoms. The Kier molecular flexibility index (Phi) is 4.00. The Bertz CT molecular complexity index is 602. The van der Waals surface area contributed by atoms with Gasteiger partial charge in [0.2, 0.25) is 0 Å². The van der Waals surface area contributed by atoms with E-state index in [0.29, 0.717) is 6.54 Å². The summed E-state index contributed by atoms with van der Waals surface area (Å²) >= 11 is 0. The quantitative estimate of drug-likeness (QED) is 0.861. The van der Waals surface area contributed by atoms with Gasteiger partial charge in [-0.25, -0.2) is 0 Å². The molecular weight excluding hydrogens is 248 g/mol. The van der Waals surface area contributed by atoms with E-state index in [1.807, 2.05) is 0 Å². The predicted octanol–water partition coefficient (Wildman–Crippen LogP) is 1.85. The van der Waals surface area contributed by atoms with Gasteiger partial charge in [-0.05, 0) is 18.1 Å². The minimum atomic E-state index is 0.566. The van der Waals surface area contributed by atoms with Crippen molar-refractivity contribution in [3.63, 3.8) is 0 Å². The van der Waals surface area contributed by atoms with E-state index in [2.05, 4.69) is 51.3 Å². The van der Waals surface area contributed by atoms with Crippen molar-refractivity contribution < 1.29 is 0 Å². The largest absolute Gasteiger partial charge is 0.361 e. The van der Waals surface area contributed by atoms with Crippen molar-refractivity contribution in [2.45, 2.75) is 6.42 Å². The highest BCUT2D eigenvalue weighted by Crippen LogP contribution is 2.18. The van der Waals surface area contributed by atoms with Crippen molar-refractivity contribution >= 4 is 10.9 Å². The van der Waals surface area contributed by atoms with Crippen molar-refractivity contribution in [3.05, 3.63) is 36.0 Å². The lowest BCUT2D eigenvalue weighted by Crippen LogP contribution is -2.46. The molecule has 1 aromatic heterocycles. The van der Waals surface area contributed by atoms with Gasteiger partial charge in [0, 0.05) is 49.8 Å². The molecule has 0 unspecified atom stereocenters. The SMILES string of the molecule is N#CCN1CCN(CCc2c[nH]c3ccccc23)CC1. The van der Waals surface area contributed by atoms with Gasteiger partial charge >= 0.3 is 0 Å². The van der Waals surface area contributed by atoms with Gasteiger partial charge in [0.15, 0.2) is 0 Å². The van der Waals surface area contributed by atoms with Gasteiger partial charge < -0.3 is 9.88 Å². The van der Waals surface area contributed by atoms with Gasteiger partial charge in [0.25, 0.3) is 0 Å². The summed E-state index contributed by atoms with van der Waals surface area (Å²) in [6.07, 6.45) is 3.22. The number of fused-ring (bicyclic) bond motifs is 1. The molecule has 1 fully saturated rings. The molecule has 1 N–H and O–H groups in total. The minimum absolute atomic E-state index is 0.566. The first-order valence-corrected chi connectivity index (χ1v) is 7.23. The molecule has 0 aliphatic carbocycles. The van der Waals surface area contributed by atoms with Gasteiger partial charge in [-0.1, -0.05) is 18.2 Å². The molecule has 1 aromatic carbocycles. The van der Waals surface area contributed by atoms with Crippen molar-refractivity contribution in [3.8, 4) is 6.07 Å². The number of piperazine rings is 1. The molecule has 104 valence electrons. The fraction of sp³-hybridized carbons (Fsp3) is 0.438. The Morgan fingerprint density at radius 1 is 1.10 bits per heavy atom. The van der Waals surface area contributed by atoms with Crippen LogP contribution in [0.25, 0.3) is 10.9 Å². The molecule has 20 heavy (non-hydrogen) atoms. The van der Waals surface area contributed by atoms with Gasteiger partial charge in [-0.3, -0.25) is 4.90 Å². The molecule has 4 heteroatoms. The van der Waals surface area contributed by atoms with E-state index >= 15 is 0 Å². The maximum absolute atomic E-state index is 8.70. The van der Waals surface area contributed by atoms with Crippen LogP contribution in [-0.4, -0.2) is 54.1 Å². The van der Waals surface area contributed by atoms with Crippen LogP contribution in [0.3, 0.4) is 0 Å². The summed E-state index contributed by atoms with van der Waals surface area (Å²) in [4.78, 5) is 8.06. The third-order valence-electron chi connectivity index (χ3n) is 4.13. The second-order valence-electron chi connectivity index (χ2n) is 5.39. The molecule has 3 rings (SSSR count). The third kappa shape index (κ3) is 2.84. The van der Waals surface area contributed by atoms with Crippen LogP contribution in [0.4, 0.5) is 0 Å².